The average molecular weight is 511 g/mol. The summed E-state index contributed by atoms with van der Waals surface area (Å²) >= 11 is 0. The van der Waals surface area contributed by atoms with Crippen LogP contribution < -0.4 is 73.7 Å². The molecule has 160 valence electrons. The van der Waals surface area contributed by atoms with Gasteiger partial charge in [0.05, 0.1) is 23.8 Å². The van der Waals surface area contributed by atoms with Gasteiger partial charge in [-0.05, 0) is 29.8 Å². The minimum Gasteiger partial charge on any atom is -0.659 e. The topological polar surface area (TPSA) is 102 Å². The normalized spacial score (nSPS) is 15.2. The summed E-state index contributed by atoms with van der Waals surface area (Å²) in [6.07, 6.45) is 7.31. The van der Waals surface area contributed by atoms with E-state index >= 15 is 0 Å². The Hall–Kier alpha value is -2.17. The Kier molecular flexibility index (Phi) is 6.57. The molecule has 5 heterocycles. The van der Waals surface area contributed by atoms with Gasteiger partial charge in [-0.1, -0.05) is 6.07 Å². The Bertz CT molecular complexity index is 1310. The van der Waals surface area contributed by atoms with Gasteiger partial charge in [-0.2, -0.15) is 0 Å². The first-order valence-corrected chi connectivity index (χ1v) is 10.6. The third-order valence-electron chi connectivity index (χ3n) is 5.90. The van der Waals surface area contributed by atoms with Crippen molar-refractivity contribution in [2.75, 3.05) is 36.4 Å². The van der Waals surface area contributed by atoms with Gasteiger partial charge >= 0.3 is 58.2 Å². The Labute approximate surface area is 239 Å². The number of imidazole rings is 1. The van der Waals surface area contributed by atoms with Gasteiger partial charge in [0.2, 0.25) is 0 Å². The number of pyridine rings is 1. The van der Waals surface area contributed by atoms with Crippen LogP contribution in [0.5, 0.6) is 0 Å². The minimum absolute atomic E-state index is 0. The van der Waals surface area contributed by atoms with E-state index < -0.39 is 0 Å². The molecule has 9 nitrogen and oxygen atoms in total. The predicted molar refractivity (Wildman–Crippen MR) is 122 cm³/mol. The van der Waals surface area contributed by atoms with Gasteiger partial charge in [0.15, 0.2) is 11.5 Å². The largest absolute Gasteiger partial charge is 1.00 e. The maximum atomic E-state index is 11.9. The van der Waals surface area contributed by atoms with E-state index in [4.69, 9.17) is 0 Å². The summed E-state index contributed by atoms with van der Waals surface area (Å²) in [5, 5.41) is 10.6. The van der Waals surface area contributed by atoms with E-state index in [9.17, 15) is 4.79 Å². The van der Waals surface area contributed by atoms with Crippen molar-refractivity contribution < 1.29 is 63.0 Å². The maximum absolute atomic E-state index is 11.9. The summed E-state index contributed by atoms with van der Waals surface area (Å²) in [7, 11) is 0. The maximum Gasteiger partial charge on any atom is 1.00 e. The molecule has 0 aliphatic carbocycles. The van der Waals surface area contributed by atoms with Crippen molar-refractivity contribution in [1.82, 2.24) is 24.7 Å². The molecule has 0 bridgehead atoms. The van der Waals surface area contributed by atoms with E-state index in [1.165, 1.54) is 0 Å². The first-order valence-electron chi connectivity index (χ1n) is 10.6. The number of anilines is 3. The molecule has 2 aliphatic heterocycles. The van der Waals surface area contributed by atoms with Crippen molar-refractivity contribution >= 4 is 28.9 Å². The molecule has 1 aromatic carbocycles. The molecule has 0 radical (unpaired) electrons. The summed E-state index contributed by atoms with van der Waals surface area (Å²) in [5.74, 6) is 1.60. The number of aromatic nitrogens is 4. The molecule has 0 spiro atoms. The van der Waals surface area contributed by atoms with Crippen molar-refractivity contribution in [1.29, 1.82) is 0 Å². The van der Waals surface area contributed by atoms with Crippen molar-refractivity contribution in [3.8, 4) is 11.3 Å². The van der Waals surface area contributed by atoms with E-state index in [0.717, 1.165) is 65.7 Å². The second-order valence-corrected chi connectivity index (χ2v) is 7.86. The molecule has 0 saturated carbocycles. The van der Waals surface area contributed by atoms with Gasteiger partial charge in [-0.15, -0.1) is 13.1 Å². The average Bonchev–Trinajstić information content (AvgIpc) is 3.48. The molecule has 2 N–H and O–H groups in total. The summed E-state index contributed by atoms with van der Waals surface area (Å²) in [6.45, 7) is 4.08. The number of carbonyl (C=O) groups excluding carboxylic acids is 1. The van der Waals surface area contributed by atoms with Crippen LogP contribution in [0.15, 0.2) is 55.1 Å². The Morgan fingerprint density at radius 3 is 2.73 bits per heavy atom. The van der Waals surface area contributed by atoms with Crippen LogP contribution in [0.25, 0.3) is 22.2 Å². The van der Waals surface area contributed by atoms with Crippen molar-refractivity contribution in [2.45, 2.75) is 6.54 Å². The molecule has 0 unspecified atom stereocenters. The Morgan fingerprint density at radius 1 is 1.03 bits per heavy atom. The zero-order valence-electron chi connectivity index (χ0n) is 18.3. The van der Waals surface area contributed by atoms with Crippen LogP contribution in [-0.2, 0) is 6.54 Å². The van der Waals surface area contributed by atoms with Crippen LogP contribution in [0.2, 0.25) is 0 Å². The number of nitrogens with one attached hydrogen (secondary N) is 2. The minimum atomic E-state index is -0.0214. The van der Waals surface area contributed by atoms with Crippen molar-refractivity contribution in [3.05, 3.63) is 71.6 Å². The van der Waals surface area contributed by atoms with Crippen LogP contribution in [0.4, 0.5) is 17.3 Å². The van der Waals surface area contributed by atoms with Gasteiger partial charge in [0.1, 0.15) is 5.82 Å². The number of hydrogen-bond acceptors (Lipinski definition) is 6. The zero-order valence-corrected chi connectivity index (χ0v) is 23.2. The Morgan fingerprint density at radius 2 is 1.91 bits per heavy atom. The molecule has 33 heavy (non-hydrogen) atoms. The smallest absolute Gasteiger partial charge is 0.659 e. The Balaban J connectivity index is 0.00000228. The van der Waals surface area contributed by atoms with Crippen molar-refractivity contribution in [3.63, 3.8) is 0 Å². The van der Waals surface area contributed by atoms with E-state index in [1.807, 2.05) is 53.3 Å². The van der Waals surface area contributed by atoms with Crippen LogP contribution in [0.1, 0.15) is 15.9 Å². The van der Waals surface area contributed by atoms with Gasteiger partial charge in [0, 0.05) is 43.2 Å². The number of benzene rings is 1. The van der Waals surface area contributed by atoms with Gasteiger partial charge in [-0.25, -0.2) is 15.0 Å². The molecular weight excluding hydrogens is 490 g/mol. The second-order valence-electron chi connectivity index (χ2n) is 7.86. The molecule has 1 fully saturated rings. The van der Waals surface area contributed by atoms with E-state index in [0.29, 0.717) is 12.4 Å². The van der Waals surface area contributed by atoms with Gasteiger partial charge in [-0.3, -0.25) is 9.20 Å². The number of rotatable bonds is 4. The zero-order chi connectivity index (χ0) is 21.5. The molecule has 10 heteroatoms. The van der Waals surface area contributed by atoms with E-state index in [1.54, 1.807) is 6.20 Å². The van der Waals surface area contributed by atoms with E-state index in [2.05, 4.69) is 35.8 Å². The summed E-state index contributed by atoms with van der Waals surface area (Å²) in [6, 6.07) is 9.88. The summed E-state index contributed by atoms with van der Waals surface area (Å²) in [5.41, 5.74) is 5.20. The molecule has 1 saturated heterocycles. The number of amides is 1. The number of fused-ring (bicyclic) bond motifs is 2. The quantitative estimate of drug-likeness (QED) is 0.400. The third-order valence-corrected chi connectivity index (χ3v) is 5.90. The molecule has 2 aliphatic rings. The first kappa shape index (κ1) is 22.6. The van der Waals surface area contributed by atoms with Crippen LogP contribution in [-0.4, -0.2) is 51.4 Å². The van der Waals surface area contributed by atoms with Crippen LogP contribution >= 0.6 is 0 Å². The van der Waals surface area contributed by atoms with Crippen LogP contribution in [0, 0.1) is 0 Å². The number of nitrogens with zero attached hydrogens (tertiary/aromatic N) is 6. The fourth-order valence-corrected chi connectivity index (χ4v) is 4.23. The third kappa shape index (κ3) is 4.35. The first-order chi connectivity index (χ1) is 15.8. The van der Waals surface area contributed by atoms with Crippen LogP contribution in [0.3, 0.4) is 0 Å². The monoisotopic (exact) mass is 510 g/mol. The summed E-state index contributed by atoms with van der Waals surface area (Å²) < 4.78 is 2.00. The van der Waals surface area contributed by atoms with Crippen molar-refractivity contribution in [2.24, 2.45) is 0 Å². The molecular formula is C23H21N8ORb. The molecule has 3 aromatic heterocycles. The second kappa shape index (κ2) is 9.59. The number of piperazine rings is 1. The SMILES string of the molecule is O=C1NCc2cc(-c3cnc(Nc4ccc(N5CC[N-]CC5)nc4)c4nccn34)ccc21.[Rb+]. The summed E-state index contributed by atoms with van der Waals surface area (Å²) in [4.78, 5) is 27.9. The molecule has 0 atom stereocenters. The fourth-order valence-electron chi connectivity index (χ4n) is 4.23. The number of hydrogen-bond donors (Lipinski definition) is 2. The van der Waals surface area contributed by atoms with Gasteiger partial charge < -0.3 is 20.9 Å². The standard InChI is InChI=1S/C23H21N8O.Rb/c32-23-18-3-1-15(11-16(18)12-28-23)19-14-27-21(22-25-7-10-31(19)22)29-17-2-4-20(26-13-17)30-8-5-24-6-9-30;/h1-4,7,10-11,13-14H,5-6,8-9,12H2,(H,27,29)(H,28,32);/q-1;+1. The molecule has 1 amide bonds. The van der Waals surface area contributed by atoms with E-state index in [-0.39, 0.29) is 64.1 Å². The van der Waals surface area contributed by atoms with Gasteiger partial charge in [0.25, 0.3) is 5.91 Å². The fraction of sp³-hybridized carbons (Fsp3) is 0.217. The molecule has 6 rings (SSSR count). The predicted octanol–water partition coefficient (Wildman–Crippen LogP) is -0.0240. The molecule has 4 aromatic rings. The number of carbonyl (C=O) groups is 1.